The Hall–Kier alpha value is -1.68. The van der Waals surface area contributed by atoms with E-state index in [4.69, 9.17) is 5.10 Å². The molecule has 1 aromatic heterocycles. The maximum absolute atomic E-state index is 13.1. The zero-order chi connectivity index (χ0) is 14.5. The third-order valence-corrected chi connectivity index (χ3v) is 3.54. The lowest BCUT2D eigenvalue weighted by molar-refractivity contribution is 0.626. The van der Waals surface area contributed by atoms with Gasteiger partial charge in [0.05, 0.1) is 11.4 Å². The third-order valence-electron chi connectivity index (χ3n) is 3.54. The van der Waals surface area contributed by atoms with Gasteiger partial charge in [0.15, 0.2) is 0 Å². The van der Waals surface area contributed by atoms with Crippen molar-refractivity contribution in [3.05, 3.63) is 47.0 Å². The Morgan fingerprint density at radius 1 is 1.15 bits per heavy atom. The summed E-state index contributed by atoms with van der Waals surface area (Å²) in [6, 6.07) is 6.52. The van der Waals surface area contributed by atoms with E-state index in [-0.39, 0.29) is 5.82 Å². The Labute approximate surface area is 119 Å². The average molecular weight is 275 g/mol. The molecule has 0 amide bonds. The highest BCUT2D eigenvalue weighted by molar-refractivity contribution is 5.38. The van der Waals surface area contributed by atoms with E-state index in [0.29, 0.717) is 0 Å². The van der Waals surface area contributed by atoms with Gasteiger partial charge in [-0.1, -0.05) is 13.8 Å². The van der Waals surface area contributed by atoms with E-state index in [1.165, 1.54) is 23.4 Å². The molecule has 1 N–H and O–H groups in total. The van der Waals surface area contributed by atoms with Crippen LogP contribution in [0.3, 0.4) is 0 Å². The summed E-state index contributed by atoms with van der Waals surface area (Å²) >= 11 is 0. The number of benzene rings is 1. The molecule has 0 spiro atoms. The molecule has 0 saturated heterocycles. The Morgan fingerprint density at radius 2 is 1.85 bits per heavy atom. The first kappa shape index (κ1) is 14.7. The molecule has 2 aromatic rings. The van der Waals surface area contributed by atoms with Gasteiger partial charge in [0, 0.05) is 5.69 Å². The molecule has 20 heavy (non-hydrogen) atoms. The number of aryl methyl sites for hydroxylation is 1. The molecule has 108 valence electrons. The van der Waals surface area contributed by atoms with Crippen molar-refractivity contribution in [2.24, 2.45) is 0 Å². The van der Waals surface area contributed by atoms with Crippen LogP contribution in [0.4, 0.5) is 4.39 Å². The highest BCUT2D eigenvalue weighted by Gasteiger charge is 2.16. The van der Waals surface area contributed by atoms with Crippen molar-refractivity contribution in [3.8, 4) is 5.69 Å². The Balaban J connectivity index is 2.47. The zero-order valence-corrected chi connectivity index (χ0v) is 12.4. The van der Waals surface area contributed by atoms with Gasteiger partial charge in [-0.25, -0.2) is 9.07 Å². The predicted molar refractivity (Wildman–Crippen MR) is 79.9 cm³/mol. The molecule has 2 rings (SSSR count). The lowest BCUT2D eigenvalue weighted by Crippen LogP contribution is -2.12. The van der Waals surface area contributed by atoms with E-state index in [0.717, 1.165) is 37.2 Å². The van der Waals surface area contributed by atoms with Crippen LogP contribution in [-0.4, -0.2) is 23.4 Å². The molecular formula is C16H22FN3. The second kappa shape index (κ2) is 6.66. The molecule has 0 saturated carbocycles. The largest absolute Gasteiger partial charge is 0.319 e. The summed E-state index contributed by atoms with van der Waals surface area (Å²) in [5, 5.41) is 7.91. The molecule has 3 nitrogen and oxygen atoms in total. The summed E-state index contributed by atoms with van der Waals surface area (Å²) < 4.78 is 15.0. The molecule has 0 atom stereocenters. The van der Waals surface area contributed by atoms with Crippen molar-refractivity contribution in [3.63, 3.8) is 0 Å². The van der Waals surface area contributed by atoms with E-state index in [9.17, 15) is 4.39 Å². The number of likely N-dealkylation sites (N-methyl/N-ethyl adjacent to an activating group) is 1. The van der Waals surface area contributed by atoms with Gasteiger partial charge in [0.1, 0.15) is 5.82 Å². The normalized spacial score (nSPS) is 11.0. The molecular weight excluding hydrogens is 253 g/mol. The summed E-state index contributed by atoms with van der Waals surface area (Å²) in [7, 11) is 1.96. The highest BCUT2D eigenvalue weighted by Crippen LogP contribution is 2.21. The van der Waals surface area contributed by atoms with E-state index in [1.807, 2.05) is 11.7 Å². The van der Waals surface area contributed by atoms with Crippen LogP contribution in [0.25, 0.3) is 5.69 Å². The number of nitrogens with one attached hydrogen (secondary N) is 1. The zero-order valence-electron chi connectivity index (χ0n) is 12.4. The first-order chi connectivity index (χ1) is 9.71. The molecule has 0 aliphatic heterocycles. The van der Waals surface area contributed by atoms with Crippen molar-refractivity contribution in [2.45, 2.75) is 33.1 Å². The molecule has 0 unspecified atom stereocenters. The van der Waals surface area contributed by atoms with Gasteiger partial charge >= 0.3 is 0 Å². The minimum absolute atomic E-state index is 0.218. The van der Waals surface area contributed by atoms with Crippen LogP contribution in [0.2, 0.25) is 0 Å². The summed E-state index contributed by atoms with van der Waals surface area (Å²) in [5.74, 6) is -0.218. The molecule has 1 aromatic carbocycles. The first-order valence-electron chi connectivity index (χ1n) is 7.21. The Bertz CT molecular complexity index is 558. The monoisotopic (exact) mass is 275 g/mol. The van der Waals surface area contributed by atoms with Gasteiger partial charge in [-0.3, -0.25) is 0 Å². The molecule has 0 aliphatic carbocycles. The number of hydrogen-bond donors (Lipinski definition) is 1. The van der Waals surface area contributed by atoms with Crippen LogP contribution in [0.1, 0.15) is 30.8 Å². The molecule has 0 radical (unpaired) electrons. The SMILES string of the molecule is CCc1nn(-c2ccc(F)cc2)c(CC)c1CCNC. The van der Waals surface area contributed by atoms with Crippen molar-refractivity contribution < 1.29 is 4.39 Å². The smallest absolute Gasteiger partial charge is 0.123 e. The van der Waals surface area contributed by atoms with Crippen LogP contribution in [0, 0.1) is 5.82 Å². The van der Waals surface area contributed by atoms with Crippen molar-refractivity contribution in [1.82, 2.24) is 15.1 Å². The number of rotatable bonds is 6. The lowest BCUT2D eigenvalue weighted by Gasteiger charge is -2.08. The lowest BCUT2D eigenvalue weighted by atomic mass is 10.1. The van der Waals surface area contributed by atoms with Crippen LogP contribution >= 0.6 is 0 Å². The van der Waals surface area contributed by atoms with Crippen molar-refractivity contribution >= 4 is 0 Å². The van der Waals surface area contributed by atoms with Crippen LogP contribution in [0.15, 0.2) is 24.3 Å². The molecule has 0 bridgehead atoms. The average Bonchev–Trinajstić information content (AvgIpc) is 2.83. The summed E-state index contributed by atoms with van der Waals surface area (Å²) in [6.07, 6.45) is 2.81. The van der Waals surface area contributed by atoms with Gasteiger partial charge in [-0.2, -0.15) is 5.10 Å². The summed E-state index contributed by atoms with van der Waals surface area (Å²) in [4.78, 5) is 0. The Kier molecular flexibility index (Phi) is 4.90. The maximum Gasteiger partial charge on any atom is 0.123 e. The predicted octanol–water partition coefficient (Wildman–Crippen LogP) is 2.90. The van der Waals surface area contributed by atoms with Crippen LogP contribution < -0.4 is 5.32 Å². The Morgan fingerprint density at radius 3 is 2.40 bits per heavy atom. The number of aromatic nitrogens is 2. The minimum Gasteiger partial charge on any atom is -0.319 e. The molecule has 4 heteroatoms. The molecule has 0 aliphatic rings. The van der Waals surface area contributed by atoms with Gasteiger partial charge in [0.25, 0.3) is 0 Å². The summed E-state index contributed by atoms with van der Waals surface area (Å²) in [5.41, 5.74) is 4.62. The fourth-order valence-electron chi connectivity index (χ4n) is 2.52. The topological polar surface area (TPSA) is 29.9 Å². The van der Waals surface area contributed by atoms with E-state index in [1.54, 1.807) is 12.1 Å². The second-order valence-electron chi connectivity index (χ2n) is 4.82. The van der Waals surface area contributed by atoms with Crippen molar-refractivity contribution in [2.75, 3.05) is 13.6 Å². The van der Waals surface area contributed by atoms with Crippen LogP contribution in [-0.2, 0) is 19.3 Å². The number of nitrogens with zero attached hydrogens (tertiary/aromatic N) is 2. The van der Waals surface area contributed by atoms with E-state index >= 15 is 0 Å². The maximum atomic E-state index is 13.1. The fourth-order valence-corrected chi connectivity index (χ4v) is 2.52. The number of hydrogen-bond acceptors (Lipinski definition) is 2. The van der Waals surface area contributed by atoms with Gasteiger partial charge in [0.2, 0.25) is 0 Å². The molecule has 1 heterocycles. The van der Waals surface area contributed by atoms with Crippen molar-refractivity contribution in [1.29, 1.82) is 0 Å². The van der Waals surface area contributed by atoms with Gasteiger partial charge in [-0.15, -0.1) is 0 Å². The third kappa shape index (κ3) is 2.90. The fraction of sp³-hybridized carbons (Fsp3) is 0.438. The first-order valence-corrected chi connectivity index (χ1v) is 7.21. The van der Waals surface area contributed by atoms with Gasteiger partial charge in [-0.05, 0) is 62.7 Å². The summed E-state index contributed by atoms with van der Waals surface area (Å²) in [6.45, 7) is 5.20. The van der Waals surface area contributed by atoms with Crippen LogP contribution in [0.5, 0.6) is 0 Å². The van der Waals surface area contributed by atoms with E-state index in [2.05, 4.69) is 19.2 Å². The van der Waals surface area contributed by atoms with Gasteiger partial charge < -0.3 is 5.32 Å². The second-order valence-corrected chi connectivity index (χ2v) is 4.82. The number of halogens is 1. The minimum atomic E-state index is -0.218. The standard InChI is InChI=1S/C16H22FN3/c1-4-15-14(10-11-18-3)16(5-2)20(19-15)13-8-6-12(17)7-9-13/h6-9,18H,4-5,10-11H2,1-3H3. The highest BCUT2D eigenvalue weighted by atomic mass is 19.1. The molecule has 0 fully saturated rings. The quantitative estimate of drug-likeness (QED) is 0.878. The van der Waals surface area contributed by atoms with E-state index < -0.39 is 0 Å².